The van der Waals surface area contributed by atoms with E-state index in [1.54, 1.807) is 0 Å². The van der Waals surface area contributed by atoms with Crippen LogP contribution in [0.1, 0.15) is 103 Å². The zero-order valence-electron chi connectivity index (χ0n) is 16.9. The Morgan fingerprint density at radius 3 is 1.67 bits per heavy atom. The molecule has 0 aliphatic rings. The molecule has 0 heterocycles. The first-order valence-electron chi connectivity index (χ1n) is 10.5. The number of ether oxygens (including phenoxy) is 1. The molecule has 6 nitrogen and oxygen atoms in total. The standard InChI is InChI=1S/C20H39O6P/c1-3-5-6-7-8-9-10-11-12-13-14-15-16-17-18-20(25-19(21)4-2)26-27(22,23)24/h4,20H,2-3,5-18H2,1H3,(H2,22,23,24). The second-order valence-electron chi connectivity index (χ2n) is 7.05. The van der Waals surface area contributed by atoms with Gasteiger partial charge in [-0.15, -0.1) is 0 Å². The lowest BCUT2D eigenvalue weighted by atomic mass is 10.0. The van der Waals surface area contributed by atoms with E-state index in [1.807, 2.05) is 0 Å². The molecule has 0 rings (SSSR count). The van der Waals surface area contributed by atoms with E-state index >= 15 is 0 Å². The highest BCUT2D eigenvalue weighted by Gasteiger charge is 2.24. The van der Waals surface area contributed by atoms with Crippen molar-refractivity contribution in [1.29, 1.82) is 0 Å². The summed E-state index contributed by atoms with van der Waals surface area (Å²) in [6, 6.07) is 0. The van der Waals surface area contributed by atoms with Crippen LogP contribution >= 0.6 is 7.82 Å². The van der Waals surface area contributed by atoms with E-state index in [-0.39, 0.29) is 6.42 Å². The van der Waals surface area contributed by atoms with E-state index in [0.717, 1.165) is 25.3 Å². The molecule has 1 atom stereocenters. The molecule has 160 valence electrons. The Bertz CT molecular complexity index is 421. The number of carbonyl (C=O) groups excluding carboxylic acids is 1. The van der Waals surface area contributed by atoms with Crippen LogP contribution in [0, 0.1) is 0 Å². The molecule has 0 radical (unpaired) electrons. The van der Waals surface area contributed by atoms with Gasteiger partial charge in [0.2, 0.25) is 6.29 Å². The fourth-order valence-corrected chi connectivity index (χ4v) is 3.42. The van der Waals surface area contributed by atoms with Crippen molar-refractivity contribution in [1.82, 2.24) is 0 Å². The Hall–Kier alpha value is -0.680. The number of rotatable bonds is 19. The molecule has 0 aromatic heterocycles. The number of phosphoric acid groups is 1. The third kappa shape index (κ3) is 19.9. The zero-order valence-corrected chi connectivity index (χ0v) is 17.8. The van der Waals surface area contributed by atoms with Gasteiger partial charge in [-0.25, -0.2) is 13.9 Å². The van der Waals surface area contributed by atoms with Crippen LogP contribution in [0.25, 0.3) is 0 Å². The van der Waals surface area contributed by atoms with Crippen LogP contribution in [0.4, 0.5) is 0 Å². The summed E-state index contributed by atoms with van der Waals surface area (Å²) in [4.78, 5) is 28.9. The molecule has 0 bridgehead atoms. The fourth-order valence-electron chi connectivity index (χ4n) is 2.97. The molecule has 0 aromatic rings. The largest absolute Gasteiger partial charge is 0.472 e. The number of hydrogen-bond acceptors (Lipinski definition) is 4. The van der Waals surface area contributed by atoms with Crippen LogP contribution in [-0.4, -0.2) is 22.0 Å². The Balaban J connectivity index is 3.57. The average Bonchev–Trinajstić information content (AvgIpc) is 2.60. The minimum atomic E-state index is -4.69. The van der Waals surface area contributed by atoms with Crippen molar-refractivity contribution < 1.29 is 28.4 Å². The Kier molecular flexibility index (Phi) is 17.0. The number of hydrogen-bond donors (Lipinski definition) is 2. The SMILES string of the molecule is C=CC(=O)OC(CCCCCCCCCCCCCCCC)OP(=O)(O)O. The predicted molar refractivity (Wildman–Crippen MR) is 108 cm³/mol. The molecule has 7 heteroatoms. The highest BCUT2D eigenvalue weighted by Crippen LogP contribution is 2.39. The molecule has 0 amide bonds. The number of unbranched alkanes of at least 4 members (excludes halogenated alkanes) is 13. The number of phosphoric ester groups is 1. The van der Waals surface area contributed by atoms with Crippen molar-refractivity contribution in [2.24, 2.45) is 0 Å². The van der Waals surface area contributed by atoms with Crippen LogP contribution in [0.5, 0.6) is 0 Å². The van der Waals surface area contributed by atoms with Gasteiger partial charge < -0.3 is 14.5 Å². The Morgan fingerprint density at radius 1 is 0.889 bits per heavy atom. The first-order chi connectivity index (χ1) is 12.9. The maximum Gasteiger partial charge on any atom is 0.472 e. The molecule has 0 spiro atoms. The van der Waals surface area contributed by atoms with Gasteiger partial charge >= 0.3 is 13.8 Å². The molecule has 0 aliphatic carbocycles. The second-order valence-corrected chi connectivity index (χ2v) is 8.24. The summed E-state index contributed by atoms with van der Waals surface area (Å²) in [5.41, 5.74) is 0. The quantitative estimate of drug-likeness (QED) is 0.0895. The molecule has 0 aromatic carbocycles. The van der Waals surface area contributed by atoms with E-state index in [1.165, 1.54) is 64.2 Å². The zero-order chi connectivity index (χ0) is 20.4. The van der Waals surface area contributed by atoms with Crippen molar-refractivity contribution in [3.05, 3.63) is 12.7 Å². The molecular formula is C20H39O6P. The minimum Gasteiger partial charge on any atom is -0.432 e. The molecule has 27 heavy (non-hydrogen) atoms. The summed E-state index contributed by atoms with van der Waals surface area (Å²) in [7, 11) is -4.69. The van der Waals surface area contributed by atoms with E-state index in [0.29, 0.717) is 6.42 Å². The lowest BCUT2D eigenvalue weighted by Gasteiger charge is -2.17. The van der Waals surface area contributed by atoms with Crippen LogP contribution in [0.3, 0.4) is 0 Å². The fraction of sp³-hybridized carbons (Fsp3) is 0.850. The smallest absolute Gasteiger partial charge is 0.432 e. The lowest BCUT2D eigenvalue weighted by molar-refractivity contribution is -0.160. The van der Waals surface area contributed by atoms with Gasteiger partial charge in [0.05, 0.1) is 0 Å². The van der Waals surface area contributed by atoms with Gasteiger partial charge in [0.15, 0.2) is 0 Å². The lowest BCUT2D eigenvalue weighted by Crippen LogP contribution is -2.19. The van der Waals surface area contributed by atoms with Crippen molar-refractivity contribution in [2.75, 3.05) is 0 Å². The molecule has 0 aliphatic heterocycles. The van der Waals surface area contributed by atoms with Crippen LogP contribution in [0.15, 0.2) is 12.7 Å². The van der Waals surface area contributed by atoms with E-state index < -0.39 is 20.1 Å². The van der Waals surface area contributed by atoms with Gasteiger partial charge in [-0.2, -0.15) is 0 Å². The minimum absolute atomic E-state index is 0.267. The maximum atomic E-state index is 11.2. The average molecular weight is 407 g/mol. The second kappa shape index (κ2) is 17.4. The van der Waals surface area contributed by atoms with Crippen molar-refractivity contribution in [3.8, 4) is 0 Å². The van der Waals surface area contributed by atoms with Crippen molar-refractivity contribution >= 4 is 13.8 Å². The van der Waals surface area contributed by atoms with Crippen LogP contribution in [-0.2, 0) is 18.6 Å². The first kappa shape index (κ1) is 26.3. The molecule has 0 saturated carbocycles. The molecular weight excluding hydrogens is 367 g/mol. The normalized spacial score (nSPS) is 12.7. The predicted octanol–water partition coefficient (Wildman–Crippen LogP) is 6.02. The highest BCUT2D eigenvalue weighted by atomic mass is 31.2. The maximum absolute atomic E-state index is 11.2. The van der Waals surface area contributed by atoms with Crippen LogP contribution < -0.4 is 0 Å². The number of carbonyl (C=O) groups is 1. The summed E-state index contributed by atoms with van der Waals surface area (Å²) in [5.74, 6) is -0.751. The summed E-state index contributed by atoms with van der Waals surface area (Å²) < 4.78 is 20.2. The van der Waals surface area contributed by atoms with Gasteiger partial charge in [-0.3, -0.25) is 0 Å². The summed E-state index contributed by atoms with van der Waals surface area (Å²) in [5, 5.41) is 0. The van der Waals surface area contributed by atoms with Gasteiger partial charge in [0.1, 0.15) is 0 Å². The van der Waals surface area contributed by atoms with Gasteiger partial charge in [0, 0.05) is 12.5 Å². The van der Waals surface area contributed by atoms with Gasteiger partial charge in [0.25, 0.3) is 0 Å². The molecule has 2 N–H and O–H groups in total. The van der Waals surface area contributed by atoms with Gasteiger partial charge in [-0.1, -0.05) is 97.0 Å². The summed E-state index contributed by atoms with van der Waals surface area (Å²) in [6.45, 7) is 5.50. The third-order valence-corrected chi connectivity index (χ3v) is 4.97. The third-order valence-electron chi connectivity index (χ3n) is 4.46. The van der Waals surface area contributed by atoms with Gasteiger partial charge in [-0.05, 0) is 6.42 Å². The topological polar surface area (TPSA) is 93.1 Å². The molecule has 0 saturated heterocycles. The Morgan fingerprint density at radius 2 is 1.30 bits per heavy atom. The van der Waals surface area contributed by atoms with E-state index in [9.17, 15) is 9.36 Å². The van der Waals surface area contributed by atoms with E-state index in [4.69, 9.17) is 14.5 Å². The van der Waals surface area contributed by atoms with Crippen molar-refractivity contribution in [3.63, 3.8) is 0 Å². The monoisotopic (exact) mass is 406 g/mol. The van der Waals surface area contributed by atoms with Crippen LogP contribution in [0.2, 0.25) is 0 Å². The first-order valence-corrected chi connectivity index (χ1v) is 12.0. The molecule has 0 fully saturated rings. The van der Waals surface area contributed by atoms with E-state index in [2.05, 4.69) is 18.0 Å². The number of esters is 1. The Labute approximate surface area is 165 Å². The summed E-state index contributed by atoms with van der Waals surface area (Å²) >= 11 is 0. The highest BCUT2D eigenvalue weighted by molar-refractivity contribution is 7.46. The van der Waals surface area contributed by atoms with Crippen molar-refractivity contribution in [2.45, 2.75) is 110 Å². The summed E-state index contributed by atoms with van der Waals surface area (Å²) in [6.07, 6.45) is 17.1. The molecule has 1 unspecified atom stereocenters.